The fourth-order valence-electron chi connectivity index (χ4n) is 1.74. The van der Waals surface area contributed by atoms with Crippen molar-refractivity contribution >= 4 is 28.7 Å². The first-order chi connectivity index (χ1) is 8.65. The van der Waals surface area contributed by atoms with E-state index >= 15 is 0 Å². The van der Waals surface area contributed by atoms with Crippen molar-refractivity contribution in [2.24, 2.45) is 5.73 Å². The normalized spacial score (nSPS) is 10.8. The molecule has 0 aliphatic heterocycles. The molecular weight excluding hydrogens is 256 g/mol. The summed E-state index contributed by atoms with van der Waals surface area (Å²) in [5, 5.41) is 0. The van der Waals surface area contributed by atoms with Gasteiger partial charge in [0.25, 0.3) is 0 Å². The number of hydrogen-bond donors (Lipinski definition) is 1. The number of nitrogens with two attached hydrogens (primary N) is 1. The largest absolute Gasteiger partial charge is 0.481 e. The van der Waals surface area contributed by atoms with E-state index in [0.29, 0.717) is 35.2 Å². The quantitative estimate of drug-likeness (QED) is 0.810. The second kappa shape index (κ2) is 5.22. The number of aryl methyl sites for hydroxylation is 1. The lowest BCUT2D eigenvalue weighted by Crippen LogP contribution is -2.20. The smallest absolute Gasteiger partial charge is 0.237 e. The van der Waals surface area contributed by atoms with E-state index in [0.717, 1.165) is 0 Å². The summed E-state index contributed by atoms with van der Waals surface area (Å²) in [4.78, 5) is 19.8. The van der Waals surface area contributed by atoms with Crippen LogP contribution in [0.15, 0.2) is 12.1 Å². The zero-order valence-electron chi connectivity index (χ0n) is 9.89. The molecule has 2 heterocycles. The Morgan fingerprint density at radius 2 is 2.28 bits per heavy atom. The summed E-state index contributed by atoms with van der Waals surface area (Å²) in [6.45, 7) is 0.0306. The summed E-state index contributed by atoms with van der Waals surface area (Å²) < 4.78 is 6.73. The van der Waals surface area contributed by atoms with Crippen LogP contribution in [0.25, 0.3) is 11.2 Å². The Kier molecular flexibility index (Phi) is 3.66. The van der Waals surface area contributed by atoms with Crippen LogP contribution in [0.1, 0.15) is 5.82 Å². The van der Waals surface area contributed by atoms with Crippen molar-refractivity contribution in [3.05, 3.63) is 18.0 Å². The lowest BCUT2D eigenvalue weighted by Gasteiger charge is -2.05. The number of carbonyl (C=O) groups is 1. The molecule has 6 nitrogen and oxygen atoms in total. The van der Waals surface area contributed by atoms with Crippen LogP contribution in [-0.2, 0) is 17.8 Å². The van der Waals surface area contributed by atoms with Crippen molar-refractivity contribution in [3.63, 3.8) is 0 Å². The molecule has 96 valence electrons. The first-order valence-electron chi connectivity index (χ1n) is 5.40. The van der Waals surface area contributed by atoms with Gasteiger partial charge < -0.3 is 15.0 Å². The van der Waals surface area contributed by atoms with Gasteiger partial charge >= 0.3 is 0 Å². The van der Waals surface area contributed by atoms with Gasteiger partial charge in [0.15, 0.2) is 5.65 Å². The molecular formula is C11H13ClN4O2. The molecule has 1 amide bonds. The van der Waals surface area contributed by atoms with Gasteiger partial charge in [0.1, 0.15) is 17.9 Å². The van der Waals surface area contributed by atoms with Crippen molar-refractivity contribution in [1.29, 1.82) is 0 Å². The first kappa shape index (κ1) is 12.6. The second-order valence-corrected chi connectivity index (χ2v) is 4.09. The molecule has 2 aromatic rings. The molecule has 0 saturated carbocycles. The van der Waals surface area contributed by atoms with Crippen molar-refractivity contribution in [2.75, 3.05) is 13.0 Å². The molecule has 0 saturated heterocycles. The molecule has 0 aliphatic carbocycles. The highest BCUT2D eigenvalue weighted by Crippen LogP contribution is 2.18. The van der Waals surface area contributed by atoms with Gasteiger partial charge in [-0.15, -0.1) is 11.6 Å². The number of pyridine rings is 1. The predicted octanol–water partition coefficient (Wildman–Crippen LogP) is 0.707. The van der Waals surface area contributed by atoms with Gasteiger partial charge in [-0.3, -0.25) is 4.79 Å². The van der Waals surface area contributed by atoms with Gasteiger partial charge in [-0.25, -0.2) is 4.98 Å². The van der Waals surface area contributed by atoms with E-state index in [9.17, 15) is 4.79 Å². The van der Waals surface area contributed by atoms with Crippen LogP contribution >= 0.6 is 11.6 Å². The number of ether oxygens (including phenoxy) is 1. The maximum atomic E-state index is 11.1. The zero-order valence-corrected chi connectivity index (χ0v) is 10.6. The number of rotatable bonds is 5. The minimum Gasteiger partial charge on any atom is -0.481 e. The number of imidazole rings is 1. The molecule has 0 unspecified atom stereocenters. The van der Waals surface area contributed by atoms with Gasteiger partial charge in [0.2, 0.25) is 11.8 Å². The summed E-state index contributed by atoms with van der Waals surface area (Å²) in [7, 11) is 1.53. The van der Waals surface area contributed by atoms with Crippen LogP contribution in [-0.4, -0.2) is 33.4 Å². The van der Waals surface area contributed by atoms with Gasteiger partial charge in [-0.05, 0) is 6.07 Å². The molecule has 2 aromatic heterocycles. The van der Waals surface area contributed by atoms with Crippen LogP contribution in [0.4, 0.5) is 0 Å². The Morgan fingerprint density at radius 1 is 1.50 bits per heavy atom. The Hall–Kier alpha value is -1.82. The number of nitrogens with zero attached hydrogens (tertiary/aromatic N) is 3. The third kappa shape index (κ3) is 2.38. The van der Waals surface area contributed by atoms with Gasteiger partial charge in [0.05, 0.1) is 7.11 Å². The zero-order chi connectivity index (χ0) is 13.1. The van der Waals surface area contributed by atoms with Crippen LogP contribution in [0, 0.1) is 0 Å². The lowest BCUT2D eigenvalue weighted by atomic mass is 10.4. The number of aromatic nitrogens is 3. The van der Waals surface area contributed by atoms with E-state index in [4.69, 9.17) is 22.1 Å². The minimum atomic E-state index is -0.449. The topological polar surface area (TPSA) is 83.0 Å². The highest BCUT2D eigenvalue weighted by molar-refractivity contribution is 6.17. The first-order valence-corrected chi connectivity index (χ1v) is 5.93. The molecule has 0 radical (unpaired) electrons. The highest BCUT2D eigenvalue weighted by Gasteiger charge is 2.14. The van der Waals surface area contributed by atoms with Crippen LogP contribution < -0.4 is 10.5 Å². The Labute approximate surface area is 109 Å². The number of alkyl halides is 1. The number of hydrogen-bond acceptors (Lipinski definition) is 4. The highest BCUT2D eigenvalue weighted by atomic mass is 35.5. The average Bonchev–Trinajstić information content (AvgIpc) is 2.67. The Bertz CT molecular complexity index is 582. The van der Waals surface area contributed by atoms with E-state index < -0.39 is 5.91 Å². The van der Waals surface area contributed by atoms with E-state index in [2.05, 4.69) is 9.97 Å². The number of carbonyl (C=O) groups excluding carboxylic acids is 1. The van der Waals surface area contributed by atoms with Gasteiger partial charge in [-0.1, -0.05) is 0 Å². The predicted molar refractivity (Wildman–Crippen MR) is 67.7 cm³/mol. The molecule has 2 N–H and O–H groups in total. The molecule has 2 rings (SSSR count). The fourth-order valence-corrected chi connectivity index (χ4v) is 1.91. The van der Waals surface area contributed by atoms with Gasteiger partial charge in [-0.2, -0.15) is 4.98 Å². The van der Waals surface area contributed by atoms with Crippen molar-refractivity contribution < 1.29 is 9.53 Å². The molecule has 0 aromatic carbocycles. The Morgan fingerprint density at radius 3 is 2.89 bits per heavy atom. The number of methoxy groups -OCH3 is 1. The standard InChI is InChI=1S/C11H13ClN4O2/c1-18-10-3-2-7-11(15-10)16(6-8(13)17)9(14-7)4-5-12/h2-3H,4-6H2,1H3,(H2,13,17). The van der Waals surface area contributed by atoms with E-state index in [1.54, 1.807) is 16.7 Å². The molecule has 7 heteroatoms. The third-order valence-electron chi connectivity index (χ3n) is 2.49. The number of halogens is 1. The third-order valence-corrected chi connectivity index (χ3v) is 2.68. The molecule has 0 fully saturated rings. The SMILES string of the molecule is COc1ccc2nc(CCCl)n(CC(N)=O)c2n1. The molecule has 0 aliphatic rings. The number of fused-ring (bicyclic) bond motifs is 1. The van der Waals surface area contributed by atoms with E-state index in [1.165, 1.54) is 7.11 Å². The van der Waals surface area contributed by atoms with Crippen molar-refractivity contribution in [1.82, 2.24) is 14.5 Å². The van der Waals surface area contributed by atoms with Crippen molar-refractivity contribution in [2.45, 2.75) is 13.0 Å². The molecule has 0 bridgehead atoms. The van der Waals surface area contributed by atoms with E-state index in [-0.39, 0.29) is 6.54 Å². The maximum Gasteiger partial charge on any atom is 0.237 e. The summed E-state index contributed by atoms with van der Waals surface area (Å²) >= 11 is 5.72. The monoisotopic (exact) mass is 268 g/mol. The van der Waals surface area contributed by atoms with E-state index in [1.807, 2.05) is 0 Å². The van der Waals surface area contributed by atoms with Crippen molar-refractivity contribution in [3.8, 4) is 5.88 Å². The maximum absolute atomic E-state index is 11.1. The molecule has 0 atom stereocenters. The Balaban J connectivity index is 2.57. The summed E-state index contributed by atoms with van der Waals surface area (Å²) in [5.74, 6) is 1.12. The molecule has 0 spiro atoms. The minimum absolute atomic E-state index is 0.0306. The summed E-state index contributed by atoms with van der Waals surface area (Å²) in [6, 6.07) is 3.50. The summed E-state index contributed by atoms with van der Waals surface area (Å²) in [5.41, 5.74) is 6.50. The summed E-state index contributed by atoms with van der Waals surface area (Å²) in [6.07, 6.45) is 0.549. The second-order valence-electron chi connectivity index (χ2n) is 3.72. The van der Waals surface area contributed by atoms with Crippen LogP contribution in [0.2, 0.25) is 0 Å². The lowest BCUT2D eigenvalue weighted by molar-refractivity contribution is -0.118. The fraction of sp³-hybridized carbons (Fsp3) is 0.364. The number of primary amides is 1. The van der Waals surface area contributed by atoms with Crippen LogP contribution in [0.5, 0.6) is 5.88 Å². The average molecular weight is 269 g/mol. The van der Waals surface area contributed by atoms with Gasteiger partial charge in [0, 0.05) is 18.4 Å². The molecule has 18 heavy (non-hydrogen) atoms. The number of amides is 1. The van der Waals surface area contributed by atoms with Crippen LogP contribution in [0.3, 0.4) is 0 Å².